The zero-order chi connectivity index (χ0) is 24.3. The predicted octanol–water partition coefficient (Wildman–Crippen LogP) is 4.54. The number of aliphatic hydroxyl groups is 1. The first-order valence-corrected chi connectivity index (χ1v) is 10.2. The molecule has 0 bridgehead atoms. The number of anilines is 1. The third-order valence-corrected chi connectivity index (χ3v) is 6.37. The van der Waals surface area contributed by atoms with Crippen LogP contribution in [0.3, 0.4) is 0 Å². The number of pyridine rings is 1. The smallest absolute Gasteiger partial charge is 0.419 e. The molecule has 2 atom stereocenters. The number of aryl methyl sites for hydroxylation is 1. The molecular formula is C24H22F3N3O3. The van der Waals surface area contributed by atoms with Crippen molar-refractivity contribution in [3.63, 3.8) is 0 Å². The highest BCUT2D eigenvalue weighted by atomic mass is 19.4. The van der Waals surface area contributed by atoms with Crippen LogP contribution in [0.25, 0.3) is 10.9 Å². The Morgan fingerprint density at radius 3 is 2.58 bits per heavy atom. The summed E-state index contributed by atoms with van der Waals surface area (Å²) in [4.78, 5) is 14.3. The summed E-state index contributed by atoms with van der Waals surface area (Å²) in [6.07, 6.45) is -5.74. The molecule has 3 aromatic rings. The van der Waals surface area contributed by atoms with Crippen LogP contribution in [0.2, 0.25) is 0 Å². The standard InChI is InChI=1S/C24H22F3N3O3/c1-12-9-14-19(20(32)15(12)10-28)22(2,3)11-23(33,24(25,26)27)21(14)30-17-6-4-5-16-13(17)7-8-18(31)29-16/h4-9,21,30,32-33H,11H2,1-3H3,(H,29,31). The average Bonchev–Trinajstić information content (AvgIpc) is 2.69. The first-order chi connectivity index (χ1) is 15.3. The van der Waals surface area contributed by atoms with Gasteiger partial charge in [-0.15, -0.1) is 0 Å². The van der Waals surface area contributed by atoms with Gasteiger partial charge >= 0.3 is 6.18 Å². The number of aromatic nitrogens is 1. The van der Waals surface area contributed by atoms with Crippen molar-refractivity contribution in [2.75, 3.05) is 5.32 Å². The molecule has 4 rings (SSSR count). The van der Waals surface area contributed by atoms with E-state index >= 15 is 0 Å². The Hall–Kier alpha value is -3.51. The molecule has 0 spiro atoms. The quantitative estimate of drug-likeness (QED) is 0.452. The summed E-state index contributed by atoms with van der Waals surface area (Å²) < 4.78 is 43.1. The molecular weight excluding hydrogens is 435 g/mol. The Labute approximate surface area is 187 Å². The van der Waals surface area contributed by atoms with Gasteiger partial charge in [-0.2, -0.15) is 18.4 Å². The van der Waals surface area contributed by atoms with E-state index in [1.54, 1.807) is 18.2 Å². The molecule has 0 aliphatic heterocycles. The first-order valence-electron chi connectivity index (χ1n) is 10.2. The molecule has 1 aromatic heterocycles. The number of rotatable bonds is 2. The van der Waals surface area contributed by atoms with Gasteiger partial charge in [0, 0.05) is 22.7 Å². The van der Waals surface area contributed by atoms with Gasteiger partial charge in [0.15, 0.2) is 5.60 Å². The highest BCUT2D eigenvalue weighted by molar-refractivity contribution is 5.91. The minimum atomic E-state index is -5.00. The molecule has 1 aliphatic rings. The van der Waals surface area contributed by atoms with Crippen molar-refractivity contribution in [3.05, 3.63) is 69.0 Å². The first kappa shape index (κ1) is 22.7. The zero-order valence-electron chi connectivity index (χ0n) is 18.1. The van der Waals surface area contributed by atoms with Gasteiger partial charge in [0.05, 0.1) is 17.1 Å². The van der Waals surface area contributed by atoms with Crippen LogP contribution in [-0.2, 0) is 5.41 Å². The number of nitrogens with one attached hydrogen (secondary N) is 2. The van der Waals surface area contributed by atoms with E-state index in [9.17, 15) is 33.4 Å². The fraction of sp³-hybridized carbons (Fsp3) is 0.333. The number of aromatic hydroxyl groups is 1. The summed E-state index contributed by atoms with van der Waals surface area (Å²) in [5, 5.41) is 34.8. The van der Waals surface area contributed by atoms with Crippen molar-refractivity contribution in [1.29, 1.82) is 5.26 Å². The lowest BCUT2D eigenvalue weighted by Gasteiger charge is -2.49. The van der Waals surface area contributed by atoms with Crippen molar-refractivity contribution >= 4 is 16.6 Å². The predicted molar refractivity (Wildman–Crippen MR) is 117 cm³/mol. The highest BCUT2D eigenvalue weighted by Gasteiger charge is 2.64. The minimum absolute atomic E-state index is 0.0132. The zero-order valence-corrected chi connectivity index (χ0v) is 18.1. The van der Waals surface area contributed by atoms with Crippen molar-refractivity contribution < 1.29 is 23.4 Å². The second-order valence-electron chi connectivity index (χ2n) is 9.14. The van der Waals surface area contributed by atoms with Gasteiger partial charge in [-0.3, -0.25) is 4.79 Å². The second-order valence-corrected chi connectivity index (χ2v) is 9.14. The third kappa shape index (κ3) is 3.42. The maximum absolute atomic E-state index is 14.4. The van der Waals surface area contributed by atoms with E-state index < -0.39 is 29.7 Å². The van der Waals surface area contributed by atoms with E-state index in [0.717, 1.165) is 0 Å². The molecule has 4 N–H and O–H groups in total. The van der Waals surface area contributed by atoms with Gasteiger partial charge in [-0.05, 0) is 48.1 Å². The van der Waals surface area contributed by atoms with E-state index in [4.69, 9.17) is 0 Å². The average molecular weight is 457 g/mol. The Kier molecular flexibility index (Phi) is 4.98. The van der Waals surface area contributed by atoms with E-state index in [1.807, 2.05) is 6.07 Å². The number of nitriles is 1. The van der Waals surface area contributed by atoms with E-state index in [0.29, 0.717) is 16.5 Å². The number of hydrogen-bond donors (Lipinski definition) is 4. The molecule has 2 aromatic carbocycles. The number of halogens is 3. The lowest BCUT2D eigenvalue weighted by Crippen LogP contribution is -2.58. The van der Waals surface area contributed by atoms with Crippen LogP contribution in [-0.4, -0.2) is 27.0 Å². The van der Waals surface area contributed by atoms with Crippen LogP contribution in [0, 0.1) is 18.3 Å². The molecule has 172 valence electrons. The summed E-state index contributed by atoms with van der Waals surface area (Å²) in [6, 6.07) is 9.12. The fourth-order valence-corrected chi connectivity index (χ4v) is 4.96. The number of phenolic OH excluding ortho intramolecular Hbond substituents is 1. The number of benzene rings is 2. The maximum Gasteiger partial charge on any atom is 0.419 e. The van der Waals surface area contributed by atoms with Crippen LogP contribution in [0.15, 0.2) is 41.2 Å². The summed E-state index contributed by atoms with van der Waals surface area (Å²) >= 11 is 0. The number of hydrogen-bond acceptors (Lipinski definition) is 5. The van der Waals surface area contributed by atoms with Crippen LogP contribution in [0.1, 0.15) is 48.6 Å². The van der Waals surface area contributed by atoms with Gasteiger partial charge in [-0.1, -0.05) is 26.0 Å². The summed E-state index contributed by atoms with van der Waals surface area (Å²) in [6.45, 7) is 4.52. The normalized spacial score (nSPS) is 21.9. The second kappa shape index (κ2) is 7.25. The van der Waals surface area contributed by atoms with E-state index in [1.165, 1.54) is 39.0 Å². The van der Waals surface area contributed by atoms with Gasteiger partial charge in [0.1, 0.15) is 11.8 Å². The molecule has 6 nitrogen and oxygen atoms in total. The Balaban J connectivity index is 2.01. The number of H-pyrrole nitrogens is 1. The molecule has 33 heavy (non-hydrogen) atoms. The van der Waals surface area contributed by atoms with Gasteiger partial charge in [-0.25, -0.2) is 0 Å². The fourth-order valence-electron chi connectivity index (χ4n) is 4.96. The molecule has 0 amide bonds. The maximum atomic E-state index is 14.4. The molecule has 0 fully saturated rings. The van der Waals surface area contributed by atoms with Crippen LogP contribution in [0.5, 0.6) is 5.75 Å². The molecule has 1 aliphatic carbocycles. The molecule has 0 saturated carbocycles. The minimum Gasteiger partial charge on any atom is -0.506 e. The van der Waals surface area contributed by atoms with Gasteiger partial charge in [0.2, 0.25) is 5.56 Å². The summed E-state index contributed by atoms with van der Waals surface area (Å²) in [5.74, 6) is -0.379. The van der Waals surface area contributed by atoms with Crippen LogP contribution in [0.4, 0.5) is 18.9 Å². The van der Waals surface area contributed by atoms with Gasteiger partial charge in [0.25, 0.3) is 0 Å². The molecule has 0 radical (unpaired) electrons. The summed E-state index contributed by atoms with van der Waals surface area (Å²) in [5.41, 5.74) is -3.62. The SMILES string of the molecule is Cc1cc2c(c(O)c1C#N)C(C)(C)CC(O)(C(F)(F)F)C2Nc1cccc2[nH]c(=O)ccc12. The van der Waals surface area contributed by atoms with E-state index in [2.05, 4.69) is 10.3 Å². The molecule has 2 unspecified atom stereocenters. The molecule has 1 heterocycles. The number of phenols is 1. The van der Waals surface area contributed by atoms with Crippen LogP contribution < -0.4 is 10.9 Å². The number of alkyl halides is 3. The topological polar surface area (TPSA) is 109 Å². The number of nitrogens with zero attached hydrogens (tertiary/aromatic N) is 1. The van der Waals surface area contributed by atoms with Crippen molar-refractivity contribution in [1.82, 2.24) is 4.98 Å². The largest absolute Gasteiger partial charge is 0.506 e. The number of fused-ring (bicyclic) bond motifs is 2. The van der Waals surface area contributed by atoms with Crippen LogP contribution >= 0.6 is 0 Å². The third-order valence-electron chi connectivity index (χ3n) is 6.37. The lowest BCUT2D eigenvalue weighted by atomic mass is 9.62. The van der Waals surface area contributed by atoms with Crippen molar-refractivity contribution in [2.45, 2.75) is 50.4 Å². The monoisotopic (exact) mass is 457 g/mol. The summed E-state index contributed by atoms with van der Waals surface area (Å²) in [7, 11) is 0. The molecule has 0 saturated heterocycles. The van der Waals surface area contributed by atoms with Gasteiger partial charge < -0.3 is 20.5 Å². The highest BCUT2D eigenvalue weighted by Crippen LogP contribution is 2.57. The Bertz CT molecular complexity index is 1370. The lowest BCUT2D eigenvalue weighted by molar-refractivity contribution is -0.275. The Morgan fingerprint density at radius 2 is 1.94 bits per heavy atom. The van der Waals surface area contributed by atoms with Crippen molar-refractivity contribution in [2.24, 2.45) is 0 Å². The Morgan fingerprint density at radius 1 is 1.24 bits per heavy atom. The van der Waals surface area contributed by atoms with Crippen molar-refractivity contribution in [3.8, 4) is 11.8 Å². The van der Waals surface area contributed by atoms with E-state index in [-0.39, 0.29) is 33.7 Å². The number of aromatic amines is 1. The molecule has 9 heteroatoms.